The van der Waals surface area contributed by atoms with Gasteiger partial charge in [0, 0.05) is 12.5 Å². The van der Waals surface area contributed by atoms with E-state index >= 15 is 0 Å². The van der Waals surface area contributed by atoms with Crippen molar-refractivity contribution < 1.29 is 0 Å². The van der Waals surface area contributed by atoms with Crippen LogP contribution in [0.1, 0.15) is 19.8 Å². The largest absolute Gasteiger partial charge is 0.284 e. The van der Waals surface area contributed by atoms with Crippen LogP contribution in [0.3, 0.4) is 0 Å². The van der Waals surface area contributed by atoms with E-state index in [0.29, 0.717) is 5.92 Å². The summed E-state index contributed by atoms with van der Waals surface area (Å²) in [5, 5.41) is 0. The van der Waals surface area contributed by atoms with Crippen LogP contribution in [0.2, 0.25) is 0 Å². The summed E-state index contributed by atoms with van der Waals surface area (Å²) in [6.45, 7) is 3.24. The van der Waals surface area contributed by atoms with Crippen molar-refractivity contribution >= 4 is 5.71 Å². The summed E-state index contributed by atoms with van der Waals surface area (Å²) in [6, 6.07) is 0. The average molecular weight is 147 g/mol. The maximum Gasteiger partial charge on any atom is 0.0603 e. The van der Waals surface area contributed by atoms with Gasteiger partial charge in [0.05, 0.1) is 5.71 Å². The highest BCUT2D eigenvalue weighted by Crippen LogP contribution is 2.23. The third-order valence-electron chi connectivity index (χ3n) is 2.34. The molecule has 0 aromatic carbocycles. The molecule has 0 fully saturated rings. The molecule has 0 N–H and O–H groups in total. The summed E-state index contributed by atoms with van der Waals surface area (Å²) in [4.78, 5) is 4.46. The Labute approximate surface area is 67.5 Å². The molecule has 1 aliphatic heterocycles. The van der Waals surface area contributed by atoms with Crippen molar-refractivity contribution in [2.45, 2.75) is 19.8 Å². The van der Waals surface area contributed by atoms with Gasteiger partial charge in [0.15, 0.2) is 0 Å². The minimum Gasteiger partial charge on any atom is -0.284 e. The first kappa shape index (κ1) is 6.84. The van der Waals surface area contributed by atoms with Gasteiger partial charge in [-0.15, -0.1) is 0 Å². The zero-order chi connectivity index (χ0) is 7.68. The topological polar surface area (TPSA) is 12.4 Å². The molecule has 1 unspecified atom stereocenters. The molecular formula is C10H13N. The lowest BCUT2D eigenvalue weighted by Gasteiger charge is -2.02. The zero-order valence-corrected chi connectivity index (χ0v) is 6.88. The lowest BCUT2D eigenvalue weighted by molar-refractivity contribution is 0.749. The molecule has 1 heterocycles. The maximum atomic E-state index is 4.46. The van der Waals surface area contributed by atoms with Crippen molar-refractivity contribution in [3.63, 3.8) is 0 Å². The number of allylic oxidation sites excluding steroid dienone is 3. The van der Waals surface area contributed by atoms with Crippen molar-refractivity contribution in [2.75, 3.05) is 6.54 Å². The SMILES string of the molecule is CC1CN=C2C=CCCC=C21. The van der Waals surface area contributed by atoms with Gasteiger partial charge in [-0.2, -0.15) is 0 Å². The van der Waals surface area contributed by atoms with Gasteiger partial charge < -0.3 is 0 Å². The molecule has 0 amide bonds. The van der Waals surface area contributed by atoms with Gasteiger partial charge in [0.1, 0.15) is 0 Å². The second kappa shape index (κ2) is 2.65. The first-order chi connectivity index (χ1) is 5.38. The summed E-state index contributed by atoms with van der Waals surface area (Å²) >= 11 is 0. The molecule has 2 aliphatic rings. The number of hydrogen-bond acceptors (Lipinski definition) is 1. The molecule has 0 saturated carbocycles. The number of rotatable bonds is 0. The van der Waals surface area contributed by atoms with E-state index in [2.05, 4.69) is 30.1 Å². The highest BCUT2D eigenvalue weighted by Gasteiger charge is 2.19. The van der Waals surface area contributed by atoms with Crippen LogP contribution in [0.5, 0.6) is 0 Å². The molecule has 0 saturated heterocycles. The molecule has 58 valence electrons. The highest BCUT2D eigenvalue weighted by atomic mass is 14.8. The minimum absolute atomic E-state index is 0.660. The molecule has 1 nitrogen and oxygen atoms in total. The van der Waals surface area contributed by atoms with E-state index in [9.17, 15) is 0 Å². The standard InChI is InChI=1S/C10H13N/c1-8-7-11-10-6-4-2-3-5-9(8)10/h4-6,8H,2-3,7H2,1H3. The summed E-state index contributed by atoms with van der Waals surface area (Å²) in [6.07, 6.45) is 9.10. The second-order valence-corrected chi connectivity index (χ2v) is 3.27. The number of nitrogens with zero attached hydrogens (tertiary/aromatic N) is 1. The molecule has 2 rings (SSSR count). The van der Waals surface area contributed by atoms with Crippen LogP contribution in [-0.4, -0.2) is 12.3 Å². The fourth-order valence-electron chi connectivity index (χ4n) is 1.66. The van der Waals surface area contributed by atoms with E-state index in [-0.39, 0.29) is 0 Å². The van der Waals surface area contributed by atoms with Crippen LogP contribution in [-0.2, 0) is 0 Å². The molecule has 0 bridgehead atoms. The van der Waals surface area contributed by atoms with Gasteiger partial charge in [0.25, 0.3) is 0 Å². The Morgan fingerprint density at radius 1 is 1.45 bits per heavy atom. The van der Waals surface area contributed by atoms with Crippen LogP contribution < -0.4 is 0 Å². The molecule has 0 aromatic rings. The summed E-state index contributed by atoms with van der Waals surface area (Å²) in [7, 11) is 0. The first-order valence-corrected chi connectivity index (χ1v) is 4.29. The molecule has 0 radical (unpaired) electrons. The molecule has 11 heavy (non-hydrogen) atoms. The minimum atomic E-state index is 0.660. The summed E-state index contributed by atoms with van der Waals surface area (Å²) < 4.78 is 0. The quantitative estimate of drug-likeness (QED) is 0.498. The Morgan fingerprint density at radius 2 is 2.36 bits per heavy atom. The van der Waals surface area contributed by atoms with Crippen molar-refractivity contribution in [1.29, 1.82) is 0 Å². The zero-order valence-electron chi connectivity index (χ0n) is 6.88. The van der Waals surface area contributed by atoms with E-state index in [4.69, 9.17) is 0 Å². The Kier molecular flexibility index (Phi) is 1.65. The second-order valence-electron chi connectivity index (χ2n) is 3.27. The fraction of sp³-hybridized carbons (Fsp3) is 0.500. The van der Waals surface area contributed by atoms with E-state index in [1.807, 2.05) is 0 Å². The molecule has 1 atom stereocenters. The molecule has 0 spiro atoms. The van der Waals surface area contributed by atoms with Crippen LogP contribution in [0, 0.1) is 5.92 Å². The van der Waals surface area contributed by atoms with E-state index in [1.165, 1.54) is 24.1 Å². The lowest BCUT2D eigenvalue weighted by Crippen LogP contribution is -2.00. The first-order valence-electron chi connectivity index (χ1n) is 4.29. The normalized spacial score (nSPS) is 29.0. The van der Waals surface area contributed by atoms with Gasteiger partial charge in [0.2, 0.25) is 0 Å². The molecule has 1 heteroatoms. The number of fused-ring (bicyclic) bond motifs is 1. The van der Waals surface area contributed by atoms with Gasteiger partial charge in [-0.25, -0.2) is 0 Å². The van der Waals surface area contributed by atoms with Crippen molar-refractivity contribution in [2.24, 2.45) is 10.9 Å². The maximum absolute atomic E-state index is 4.46. The third kappa shape index (κ3) is 1.15. The van der Waals surface area contributed by atoms with Crippen LogP contribution in [0.25, 0.3) is 0 Å². The van der Waals surface area contributed by atoms with Crippen molar-refractivity contribution in [3.8, 4) is 0 Å². The smallest absolute Gasteiger partial charge is 0.0603 e. The Bertz CT molecular complexity index is 246. The monoisotopic (exact) mass is 147 g/mol. The van der Waals surface area contributed by atoms with Crippen molar-refractivity contribution in [1.82, 2.24) is 0 Å². The number of aliphatic imine (C=N–C) groups is 1. The summed E-state index contributed by atoms with van der Waals surface area (Å²) in [5.41, 5.74) is 2.70. The third-order valence-corrected chi connectivity index (χ3v) is 2.34. The fourth-order valence-corrected chi connectivity index (χ4v) is 1.66. The van der Waals surface area contributed by atoms with Gasteiger partial charge >= 0.3 is 0 Å². The van der Waals surface area contributed by atoms with Gasteiger partial charge in [-0.1, -0.05) is 19.1 Å². The lowest BCUT2D eigenvalue weighted by atomic mass is 10.00. The molecule has 0 aromatic heterocycles. The summed E-state index contributed by atoms with van der Waals surface area (Å²) in [5.74, 6) is 0.660. The van der Waals surface area contributed by atoms with E-state index in [0.717, 1.165) is 6.54 Å². The van der Waals surface area contributed by atoms with Crippen LogP contribution in [0.4, 0.5) is 0 Å². The van der Waals surface area contributed by atoms with Gasteiger partial charge in [-0.3, -0.25) is 4.99 Å². The van der Waals surface area contributed by atoms with E-state index < -0.39 is 0 Å². The molecule has 1 aliphatic carbocycles. The van der Waals surface area contributed by atoms with Crippen LogP contribution >= 0.6 is 0 Å². The number of hydrogen-bond donors (Lipinski definition) is 0. The highest BCUT2D eigenvalue weighted by molar-refractivity contribution is 6.10. The Morgan fingerprint density at radius 3 is 3.27 bits per heavy atom. The van der Waals surface area contributed by atoms with Gasteiger partial charge in [-0.05, 0) is 24.5 Å². The van der Waals surface area contributed by atoms with E-state index in [1.54, 1.807) is 0 Å². The Hall–Kier alpha value is -0.850. The predicted octanol–water partition coefficient (Wildman–Crippen LogP) is 2.35. The molecular weight excluding hydrogens is 134 g/mol. The van der Waals surface area contributed by atoms with Crippen molar-refractivity contribution in [3.05, 3.63) is 23.8 Å². The average Bonchev–Trinajstić information content (AvgIpc) is 2.25. The predicted molar refractivity (Wildman–Crippen MR) is 47.9 cm³/mol. The Balaban J connectivity index is 2.34. The van der Waals surface area contributed by atoms with Crippen LogP contribution in [0.15, 0.2) is 28.8 Å².